The van der Waals surface area contributed by atoms with E-state index in [-0.39, 0.29) is 31.5 Å². The van der Waals surface area contributed by atoms with Gasteiger partial charge in [-0.25, -0.2) is 0 Å². The normalized spacial score (nSPS) is 10.1. The van der Waals surface area contributed by atoms with Gasteiger partial charge < -0.3 is 24.8 Å². The van der Waals surface area contributed by atoms with Crippen molar-refractivity contribution in [1.82, 2.24) is 10.6 Å². The highest BCUT2D eigenvalue weighted by Crippen LogP contribution is 2.27. The topological polar surface area (TPSA) is 85.9 Å². The van der Waals surface area contributed by atoms with Crippen LogP contribution in [-0.4, -0.2) is 45.7 Å². The van der Waals surface area contributed by atoms with Crippen molar-refractivity contribution in [3.05, 3.63) is 52.0 Å². The van der Waals surface area contributed by atoms with Gasteiger partial charge in [0.25, 0.3) is 11.8 Å². The molecule has 0 radical (unpaired) electrons. The van der Waals surface area contributed by atoms with Crippen molar-refractivity contribution in [3.8, 4) is 17.2 Å². The van der Waals surface area contributed by atoms with E-state index in [1.54, 1.807) is 30.3 Å². The van der Waals surface area contributed by atoms with Gasteiger partial charge in [0.1, 0.15) is 17.2 Å². The zero-order valence-corrected chi connectivity index (χ0v) is 16.9. The number of amides is 2. The Bertz CT molecular complexity index is 823. The smallest absolute Gasteiger partial charge is 0.258 e. The van der Waals surface area contributed by atoms with Gasteiger partial charge in [0.05, 0.1) is 19.2 Å². The molecule has 2 aromatic rings. The monoisotopic (exact) mass is 426 g/mol. The third-order valence-corrected chi connectivity index (χ3v) is 4.13. The third kappa shape index (κ3) is 6.51. The summed E-state index contributed by atoms with van der Waals surface area (Å²) in [4.78, 5) is 24.0. The van der Waals surface area contributed by atoms with E-state index in [0.717, 1.165) is 0 Å². The molecule has 2 aromatic carbocycles. The van der Waals surface area contributed by atoms with Crippen molar-refractivity contribution in [2.75, 3.05) is 33.9 Å². The lowest BCUT2D eigenvalue weighted by atomic mass is 10.2. The second kappa shape index (κ2) is 10.6. The molecule has 0 aromatic heterocycles. The number of hydrogen-bond acceptors (Lipinski definition) is 5. The summed E-state index contributed by atoms with van der Waals surface area (Å²) in [6.07, 6.45) is 0. The zero-order valence-electron chi connectivity index (χ0n) is 15.4. The summed E-state index contributed by atoms with van der Waals surface area (Å²) in [7, 11) is 3.01. The van der Waals surface area contributed by atoms with Crippen molar-refractivity contribution in [3.63, 3.8) is 0 Å². The van der Waals surface area contributed by atoms with Crippen molar-refractivity contribution in [1.29, 1.82) is 0 Å². The molecule has 9 heteroatoms. The fourth-order valence-corrected chi connectivity index (χ4v) is 2.67. The Morgan fingerprint density at radius 3 is 2.18 bits per heavy atom. The molecule has 0 atom stereocenters. The molecule has 150 valence electrons. The van der Waals surface area contributed by atoms with E-state index in [4.69, 9.17) is 37.4 Å². The average Bonchev–Trinajstić information content (AvgIpc) is 2.69. The van der Waals surface area contributed by atoms with E-state index in [2.05, 4.69) is 10.6 Å². The minimum absolute atomic E-state index is 0.206. The van der Waals surface area contributed by atoms with E-state index in [9.17, 15) is 9.59 Å². The minimum atomic E-state index is -0.344. The summed E-state index contributed by atoms with van der Waals surface area (Å²) in [6, 6.07) is 9.59. The van der Waals surface area contributed by atoms with E-state index in [1.807, 2.05) is 0 Å². The van der Waals surface area contributed by atoms with Crippen LogP contribution in [0.5, 0.6) is 17.2 Å². The number of methoxy groups -OCH3 is 2. The molecule has 0 saturated heterocycles. The fraction of sp³-hybridized carbons (Fsp3) is 0.263. The first-order chi connectivity index (χ1) is 13.4. The van der Waals surface area contributed by atoms with Crippen LogP contribution in [-0.2, 0) is 4.79 Å². The predicted octanol–water partition coefficient (Wildman–Crippen LogP) is 2.94. The predicted molar refractivity (Wildman–Crippen MR) is 107 cm³/mol. The molecule has 0 aliphatic rings. The van der Waals surface area contributed by atoms with Crippen LogP contribution in [0.4, 0.5) is 0 Å². The maximum atomic E-state index is 12.2. The van der Waals surface area contributed by atoms with Crippen LogP contribution in [0.15, 0.2) is 36.4 Å². The first kappa shape index (κ1) is 21.7. The Balaban J connectivity index is 1.74. The lowest BCUT2D eigenvalue weighted by Crippen LogP contribution is -2.36. The number of carbonyl (C=O) groups excluding carboxylic acids is 2. The molecule has 0 spiro atoms. The Labute approximate surface area is 172 Å². The molecule has 2 N–H and O–H groups in total. The molecule has 0 bridgehead atoms. The number of hydrogen-bond donors (Lipinski definition) is 2. The highest BCUT2D eigenvalue weighted by molar-refractivity contribution is 6.35. The van der Waals surface area contributed by atoms with Crippen LogP contribution in [0.1, 0.15) is 10.4 Å². The number of rotatable bonds is 9. The summed E-state index contributed by atoms with van der Waals surface area (Å²) in [6.45, 7) is 0.275. The van der Waals surface area contributed by atoms with Gasteiger partial charge in [-0.1, -0.05) is 23.2 Å². The molecule has 0 aliphatic heterocycles. The van der Waals surface area contributed by atoms with Crippen LogP contribution in [0.2, 0.25) is 10.0 Å². The first-order valence-electron chi connectivity index (χ1n) is 8.28. The SMILES string of the molecule is COc1cc(OC)cc(C(=O)NCCNC(=O)COc2ccc(Cl)cc2Cl)c1. The number of halogens is 2. The minimum Gasteiger partial charge on any atom is -0.497 e. The Kier molecular flexibility index (Phi) is 8.22. The van der Waals surface area contributed by atoms with E-state index in [0.29, 0.717) is 32.9 Å². The van der Waals surface area contributed by atoms with E-state index < -0.39 is 0 Å². The summed E-state index contributed by atoms with van der Waals surface area (Å²) >= 11 is 11.8. The van der Waals surface area contributed by atoms with Gasteiger partial charge in [-0.2, -0.15) is 0 Å². The maximum Gasteiger partial charge on any atom is 0.258 e. The summed E-state index contributed by atoms with van der Waals surface area (Å²) in [5.41, 5.74) is 0.392. The fourth-order valence-electron chi connectivity index (χ4n) is 2.21. The number of benzene rings is 2. The van der Waals surface area contributed by atoms with E-state index in [1.165, 1.54) is 20.3 Å². The number of nitrogens with one attached hydrogen (secondary N) is 2. The molecule has 7 nitrogen and oxygen atoms in total. The van der Waals surface area contributed by atoms with Gasteiger partial charge in [0, 0.05) is 29.7 Å². The van der Waals surface area contributed by atoms with Gasteiger partial charge in [-0.05, 0) is 30.3 Å². The molecule has 0 unspecified atom stereocenters. The van der Waals surface area contributed by atoms with Gasteiger partial charge in [0.2, 0.25) is 0 Å². The van der Waals surface area contributed by atoms with Crippen molar-refractivity contribution in [2.45, 2.75) is 0 Å². The lowest BCUT2D eigenvalue weighted by molar-refractivity contribution is -0.123. The second-order valence-corrected chi connectivity index (χ2v) is 6.41. The third-order valence-electron chi connectivity index (χ3n) is 3.60. The molecule has 2 rings (SSSR count). The molecule has 0 saturated carbocycles. The average molecular weight is 427 g/mol. The van der Waals surface area contributed by atoms with Crippen LogP contribution in [0, 0.1) is 0 Å². The standard InChI is InChI=1S/C19H20Cl2N2O5/c1-26-14-7-12(8-15(10-14)27-2)19(25)23-6-5-22-18(24)11-28-17-4-3-13(20)9-16(17)21/h3-4,7-10H,5-6,11H2,1-2H3,(H,22,24)(H,23,25). The Hall–Kier alpha value is -2.64. The molecule has 28 heavy (non-hydrogen) atoms. The summed E-state index contributed by atoms with van der Waals surface area (Å²) in [5, 5.41) is 6.14. The molecule has 0 fully saturated rings. The molecular weight excluding hydrogens is 407 g/mol. The van der Waals surface area contributed by atoms with Gasteiger partial charge >= 0.3 is 0 Å². The first-order valence-corrected chi connectivity index (χ1v) is 9.04. The van der Waals surface area contributed by atoms with Gasteiger partial charge in [-0.15, -0.1) is 0 Å². The largest absolute Gasteiger partial charge is 0.497 e. The van der Waals surface area contributed by atoms with Crippen LogP contribution < -0.4 is 24.8 Å². The summed E-state index contributed by atoms with van der Waals surface area (Å²) in [5.74, 6) is 0.729. The molecule has 0 aliphatic carbocycles. The Morgan fingerprint density at radius 1 is 0.929 bits per heavy atom. The highest BCUT2D eigenvalue weighted by Gasteiger charge is 2.10. The van der Waals surface area contributed by atoms with Crippen molar-refractivity contribution in [2.24, 2.45) is 0 Å². The summed E-state index contributed by atoms with van der Waals surface area (Å²) < 4.78 is 15.6. The van der Waals surface area contributed by atoms with Gasteiger partial charge in [-0.3, -0.25) is 9.59 Å². The maximum absolute atomic E-state index is 12.2. The van der Waals surface area contributed by atoms with E-state index >= 15 is 0 Å². The van der Waals surface area contributed by atoms with Crippen LogP contribution >= 0.6 is 23.2 Å². The van der Waals surface area contributed by atoms with Gasteiger partial charge in [0.15, 0.2) is 6.61 Å². The quantitative estimate of drug-likeness (QED) is 0.602. The molecular formula is C19H20Cl2N2O5. The van der Waals surface area contributed by atoms with Crippen LogP contribution in [0.3, 0.4) is 0 Å². The van der Waals surface area contributed by atoms with Crippen LogP contribution in [0.25, 0.3) is 0 Å². The molecule has 0 heterocycles. The zero-order chi connectivity index (χ0) is 20.5. The van der Waals surface area contributed by atoms with Crippen molar-refractivity contribution < 1.29 is 23.8 Å². The Morgan fingerprint density at radius 2 is 1.57 bits per heavy atom. The van der Waals surface area contributed by atoms with Crippen molar-refractivity contribution >= 4 is 35.0 Å². The highest BCUT2D eigenvalue weighted by atomic mass is 35.5. The second-order valence-electron chi connectivity index (χ2n) is 5.57. The number of carbonyl (C=O) groups is 2. The molecule has 2 amide bonds. The lowest BCUT2D eigenvalue weighted by Gasteiger charge is -2.11. The number of ether oxygens (including phenoxy) is 3.